The molecule has 4 atom stereocenters. The highest BCUT2D eigenvalue weighted by atomic mass is 16.7. The molecule has 0 aliphatic carbocycles. The summed E-state index contributed by atoms with van der Waals surface area (Å²) in [4.78, 5) is 56.3. The molecule has 0 aromatic heterocycles. The SMILES string of the molecule is COc1ccc(C(=O)N2CC[C@@H](O)[C@@H]2C(=O)NOCc2ccccc2)cc1.COc1ccc(C(=O)N2CC[C@@H](O)[C@@H]2C(=O)O)cc1. The first-order valence-corrected chi connectivity index (χ1v) is 14.6. The van der Waals surface area contributed by atoms with Crippen molar-refractivity contribution in [1.29, 1.82) is 0 Å². The Kier molecular flexibility index (Phi) is 11.7. The van der Waals surface area contributed by atoms with E-state index in [4.69, 9.17) is 19.4 Å². The van der Waals surface area contributed by atoms with Crippen LogP contribution in [0.5, 0.6) is 11.5 Å². The van der Waals surface area contributed by atoms with Crippen LogP contribution in [-0.4, -0.2) is 100 Å². The standard InChI is InChI=1S/C20H22N2O5.C13H15NO5/c1-26-16-9-7-15(8-10-16)20(25)22-12-11-17(23)18(22)19(24)21-27-13-14-5-3-2-4-6-14;1-19-9-4-2-8(3-5-9)12(16)14-7-6-10(15)11(14)13(17)18/h2-10,17-18,23H,11-13H2,1H3,(H,21,24);2-5,10-11,15H,6-7H2,1H3,(H,17,18)/t17-,18-;10-,11-/m11/s1. The number of aliphatic hydroxyl groups excluding tert-OH is 2. The molecule has 2 aliphatic heterocycles. The molecule has 5 rings (SSSR count). The summed E-state index contributed by atoms with van der Waals surface area (Å²) < 4.78 is 10.1. The average molecular weight is 636 g/mol. The molecule has 0 spiro atoms. The Bertz CT molecular complexity index is 1480. The first-order chi connectivity index (χ1) is 22.1. The highest BCUT2D eigenvalue weighted by Crippen LogP contribution is 2.23. The Hall–Kier alpha value is -4.98. The number of carbonyl (C=O) groups is 4. The van der Waals surface area contributed by atoms with Crippen molar-refractivity contribution >= 4 is 23.7 Å². The van der Waals surface area contributed by atoms with E-state index in [1.54, 1.807) is 55.6 Å². The van der Waals surface area contributed by atoms with Gasteiger partial charge in [0.05, 0.1) is 33.0 Å². The third-order valence-electron chi connectivity index (χ3n) is 7.70. The molecular formula is C33H37N3O10. The lowest BCUT2D eigenvalue weighted by atomic mass is 10.1. The number of amides is 3. The van der Waals surface area contributed by atoms with Crippen molar-refractivity contribution in [1.82, 2.24) is 15.3 Å². The average Bonchev–Trinajstić information content (AvgIpc) is 3.67. The zero-order valence-corrected chi connectivity index (χ0v) is 25.4. The molecular weight excluding hydrogens is 598 g/mol. The number of ether oxygens (including phenoxy) is 2. The number of methoxy groups -OCH3 is 2. The van der Waals surface area contributed by atoms with E-state index < -0.39 is 42.1 Å². The molecule has 2 fully saturated rings. The van der Waals surface area contributed by atoms with Crippen LogP contribution in [0.1, 0.15) is 39.1 Å². The topological polar surface area (TPSA) is 175 Å². The third kappa shape index (κ3) is 8.18. The second kappa shape index (κ2) is 15.8. The minimum absolute atomic E-state index is 0.196. The lowest BCUT2D eigenvalue weighted by molar-refractivity contribution is -0.144. The van der Waals surface area contributed by atoms with Gasteiger partial charge in [0, 0.05) is 24.2 Å². The number of aliphatic carboxylic acids is 1. The van der Waals surface area contributed by atoms with Crippen LogP contribution < -0.4 is 15.0 Å². The van der Waals surface area contributed by atoms with Crippen LogP contribution in [0.3, 0.4) is 0 Å². The summed E-state index contributed by atoms with van der Waals surface area (Å²) in [5, 5.41) is 28.9. The van der Waals surface area contributed by atoms with Crippen molar-refractivity contribution in [3.05, 3.63) is 95.6 Å². The van der Waals surface area contributed by atoms with Gasteiger partial charge in [-0.1, -0.05) is 30.3 Å². The van der Waals surface area contributed by atoms with E-state index in [1.165, 1.54) is 16.9 Å². The van der Waals surface area contributed by atoms with Gasteiger partial charge in [0.15, 0.2) is 6.04 Å². The number of carboxylic acid groups (broad SMARTS) is 1. The van der Waals surface area contributed by atoms with Crippen LogP contribution in [-0.2, 0) is 21.0 Å². The van der Waals surface area contributed by atoms with Crippen LogP contribution in [0.2, 0.25) is 0 Å². The number of rotatable bonds is 9. The van der Waals surface area contributed by atoms with Crippen LogP contribution in [0.15, 0.2) is 78.9 Å². The number of nitrogens with zero attached hydrogens (tertiary/aromatic N) is 2. The van der Waals surface area contributed by atoms with Gasteiger partial charge in [0.1, 0.15) is 17.5 Å². The lowest BCUT2D eigenvalue weighted by Gasteiger charge is -2.25. The van der Waals surface area contributed by atoms with Crippen molar-refractivity contribution in [3.63, 3.8) is 0 Å². The Morgan fingerprint density at radius 1 is 0.717 bits per heavy atom. The maximum Gasteiger partial charge on any atom is 0.329 e. The van der Waals surface area contributed by atoms with E-state index >= 15 is 0 Å². The zero-order valence-electron chi connectivity index (χ0n) is 25.4. The number of hydrogen-bond donors (Lipinski definition) is 4. The highest BCUT2D eigenvalue weighted by molar-refractivity contribution is 5.98. The Morgan fingerprint density at radius 2 is 1.17 bits per heavy atom. The number of carboxylic acids is 1. The summed E-state index contributed by atoms with van der Waals surface area (Å²) in [6.45, 7) is 0.730. The van der Waals surface area contributed by atoms with Gasteiger partial charge in [-0.15, -0.1) is 0 Å². The van der Waals surface area contributed by atoms with Gasteiger partial charge in [-0.2, -0.15) is 0 Å². The monoisotopic (exact) mass is 635 g/mol. The van der Waals surface area contributed by atoms with E-state index in [1.807, 2.05) is 30.3 Å². The molecule has 3 aromatic carbocycles. The number of nitrogens with one attached hydrogen (secondary N) is 1. The number of likely N-dealkylation sites (tertiary alicyclic amines) is 2. The zero-order chi connectivity index (χ0) is 33.2. The predicted octanol–water partition coefficient (Wildman–Crippen LogP) is 1.87. The Balaban J connectivity index is 0.000000222. The molecule has 0 bridgehead atoms. The molecule has 3 amide bonds. The Labute approximate surface area is 265 Å². The fourth-order valence-corrected chi connectivity index (χ4v) is 5.25. The molecule has 46 heavy (non-hydrogen) atoms. The smallest absolute Gasteiger partial charge is 0.329 e. The van der Waals surface area contributed by atoms with E-state index in [0.717, 1.165) is 5.56 Å². The quantitative estimate of drug-likeness (QED) is 0.254. The molecule has 2 aliphatic rings. The number of benzene rings is 3. The summed E-state index contributed by atoms with van der Waals surface area (Å²) in [5.74, 6) is -1.20. The minimum atomic E-state index is -1.19. The second-order valence-electron chi connectivity index (χ2n) is 10.6. The lowest BCUT2D eigenvalue weighted by Crippen LogP contribution is -2.50. The normalized spacial score (nSPS) is 20.3. The molecule has 4 N–H and O–H groups in total. The van der Waals surface area contributed by atoms with Gasteiger partial charge in [-0.25, -0.2) is 10.3 Å². The van der Waals surface area contributed by atoms with E-state index in [2.05, 4.69) is 5.48 Å². The van der Waals surface area contributed by atoms with Crippen LogP contribution in [0.4, 0.5) is 0 Å². The van der Waals surface area contributed by atoms with Gasteiger partial charge >= 0.3 is 5.97 Å². The molecule has 13 heteroatoms. The van der Waals surface area contributed by atoms with E-state index in [0.29, 0.717) is 35.6 Å². The second-order valence-corrected chi connectivity index (χ2v) is 10.6. The fraction of sp³-hybridized carbons (Fsp3) is 0.333. The summed E-state index contributed by atoms with van der Waals surface area (Å²) in [7, 11) is 3.07. The fourth-order valence-electron chi connectivity index (χ4n) is 5.25. The summed E-state index contributed by atoms with van der Waals surface area (Å²) in [5.41, 5.74) is 4.04. The number of carbonyl (C=O) groups excluding carboxylic acids is 3. The molecule has 0 saturated carbocycles. The number of aliphatic hydroxyl groups is 2. The maximum atomic E-state index is 12.8. The van der Waals surface area contributed by atoms with Crippen LogP contribution >= 0.6 is 0 Å². The number of hydrogen-bond acceptors (Lipinski definition) is 9. The molecule has 2 heterocycles. The van der Waals surface area contributed by atoms with E-state index in [9.17, 15) is 29.4 Å². The highest BCUT2D eigenvalue weighted by Gasteiger charge is 2.42. The third-order valence-corrected chi connectivity index (χ3v) is 7.70. The van der Waals surface area contributed by atoms with Gasteiger partial charge in [-0.05, 0) is 66.9 Å². The van der Waals surface area contributed by atoms with Gasteiger partial charge in [0.25, 0.3) is 17.7 Å². The van der Waals surface area contributed by atoms with Gasteiger partial charge in [0.2, 0.25) is 0 Å². The molecule has 0 unspecified atom stereocenters. The largest absolute Gasteiger partial charge is 0.497 e. The molecule has 2 saturated heterocycles. The van der Waals surface area contributed by atoms with Gasteiger partial charge < -0.3 is 34.6 Å². The van der Waals surface area contributed by atoms with Crippen molar-refractivity contribution in [2.45, 2.75) is 43.7 Å². The first kappa shape index (κ1) is 33.9. The van der Waals surface area contributed by atoms with E-state index in [-0.39, 0.29) is 25.5 Å². The van der Waals surface area contributed by atoms with Crippen LogP contribution in [0.25, 0.3) is 0 Å². The summed E-state index contributed by atoms with van der Waals surface area (Å²) in [6.07, 6.45) is -1.34. The molecule has 13 nitrogen and oxygen atoms in total. The van der Waals surface area contributed by atoms with Crippen molar-refractivity contribution in [3.8, 4) is 11.5 Å². The van der Waals surface area contributed by atoms with Gasteiger partial charge in [-0.3, -0.25) is 19.2 Å². The number of hydroxylamine groups is 1. The summed E-state index contributed by atoms with van der Waals surface area (Å²) in [6, 6.07) is 20.2. The maximum absolute atomic E-state index is 12.8. The van der Waals surface area contributed by atoms with Crippen LogP contribution in [0, 0.1) is 0 Å². The predicted molar refractivity (Wildman–Crippen MR) is 164 cm³/mol. The molecule has 244 valence electrons. The first-order valence-electron chi connectivity index (χ1n) is 14.6. The van der Waals surface area contributed by atoms with Crippen molar-refractivity contribution < 1.29 is 48.8 Å². The molecule has 0 radical (unpaired) electrons. The van der Waals surface area contributed by atoms with Crippen molar-refractivity contribution in [2.24, 2.45) is 0 Å². The summed E-state index contributed by atoms with van der Waals surface area (Å²) >= 11 is 0. The Morgan fingerprint density at radius 3 is 1.63 bits per heavy atom. The minimum Gasteiger partial charge on any atom is -0.497 e. The molecule has 3 aromatic rings. The van der Waals surface area contributed by atoms with Crippen molar-refractivity contribution in [2.75, 3.05) is 27.3 Å².